The van der Waals surface area contributed by atoms with Gasteiger partial charge in [0.25, 0.3) is 0 Å². The molecule has 0 amide bonds. The van der Waals surface area contributed by atoms with Gasteiger partial charge in [-0.2, -0.15) is 0 Å². The third-order valence-electron chi connectivity index (χ3n) is 5.51. The van der Waals surface area contributed by atoms with E-state index < -0.39 is 0 Å². The van der Waals surface area contributed by atoms with Crippen molar-refractivity contribution in [3.63, 3.8) is 0 Å². The molecule has 0 saturated carbocycles. The van der Waals surface area contributed by atoms with Crippen LogP contribution in [-0.2, 0) is 0 Å². The number of dihydropyridines is 2. The largest absolute Gasteiger partial charge is 0.356 e. The second kappa shape index (κ2) is 5.55. The summed E-state index contributed by atoms with van der Waals surface area (Å²) in [6.07, 6.45) is 24.7. The van der Waals surface area contributed by atoms with E-state index in [-0.39, 0.29) is 0 Å². The van der Waals surface area contributed by atoms with Gasteiger partial charge >= 0.3 is 0 Å². The van der Waals surface area contributed by atoms with Crippen LogP contribution in [0, 0.1) is 0 Å². The van der Waals surface area contributed by atoms with Crippen molar-refractivity contribution in [3.05, 3.63) is 93.7 Å². The number of hydrogen-bond acceptors (Lipinski definition) is 2. The van der Waals surface area contributed by atoms with Crippen LogP contribution >= 0.6 is 0 Å². The molecule has 0 aromatic carbocycles. The van der Waals surface area contributed by atoms with Crippen LogP contribution in [0.5, 0.6) is 0 Å². The third-order valence-corrected chi connectivity index (χ3v) is 5.51. The Morgan fingerprint density at radius 3 is 1.04 bits per heavy atom. The lowest BCUT2D eigenvalue weighted by atomic mass is 9.99. The predicted octanol–water partition coefficient (Wildman–Crippen LogP) is 4.82. The number of allylic oxidation sites excluding steroid dienone is 12. The molecule has 0 atom stereocenters. The minimum atomic E-state index is 1.15. The van der Waals surface area contributed by atoms with Crippen LogP contribution in [0.4, 0.5) is 0 Å². The molecular formula is C22H22N2. The van der Waals surface area contributed by atoms with Gasteiger partial charge in [0.05, 0.1) is 0 Å². The maximum absolute atomic E-state index is 3.46. The molecule has 0 unspecified atom stereocenters. The van der Waals surface area contributed by atoms with Crippen molar-refractivity contribution in [2.45, 2.75) is 38.5 Å². The summed E-state index contributed by atoms with van der Waals surface area (Å²) in [5, 5.41) is 6.93. The maximum atomic E-state index is 3.46. The van der Waals surface area contributed by atoms with Crippen molar-refractivity contribution in [3.8, 4) is 0 Å². The molecule has 0 aromatic rings. The highest BCUT2D eigenvalue weighted by molar-refractivity contribution is 5.49. The fourth-order valence-electron chi connectivity index (χ4n) is 4.18. The van der Waals surface area contributed by atoms with Gasteiger partial charge in [-0.15, -0.1) is 0 Å². The second-order valence-corrected chi connectivity index (χ2v) is 7.10. The number of nitrogens with one attached hydrogen (secondary N) is 2. The Balaban J connectivity index is 0.000000109. The van der Waals surface area contributed by atoms with E-state index in [0.29, 0.717) is 0 Å². The van der Waals surface area contributed by atoms with Gasteiger partial charge in [0.1, 0.15) is 0 Å². The molecule has 0 fully saturated rings. The fraction of sp³-hybridized carbons (Fsp3) is 0.273. The first-order valence-corrected chi connectivity index (χ1v) is 8.95. The monoisotopic (exact) mass is 314 g/mol. The van der Waals surface area contributed by atoms with E-state index in [0.717, 1.165) is 25.7 Å². The maximum Gasteiger partial charge on any atom is 0.0379 e. The molecule has 0 bridgehead atoms. The molecule has 6 rings (SSSR count). The lowest BCUT2D eigenvalue weighted by molar-refractivity contribution is 0.883. The lowest BCUT2D eigenvalue weighted by Crippen LogP contribution is -2.16. The Labute approximate surface area is 143 Å². The summed E-state index contributed by atoms with van der Waals surface area (Å²) in [7, 11) is 0. The first kappa shape index (κ1) is 13.9. The van der Waals surface area contributed by atoms with E-state index in [1.54, 1.807) is 22.3 Å². The van der Waals surface area contributed by atoms with Crippen LogP contribution in [0.3, 0.4) is 0 Å². The summed E-state index contributed by atoms with van der Waals surface area (Å²) in [5.74, 6) is 0. The van der Waals surface area contributed by atoms with Crippen molar-refractivity contribution in [1.29, 1.82) is 0 Å². The third kappa shape index (κ3) is 2.34. The Morgan fingerprint density at radius 2 is 0.750 bits per heavy atom. The van der Waals surface area contributed by atoms with Gasteiger partial charge in [0.15, 0.2) is 0 Å². The topological polar surface area (TPSA) is 24.1 Å². The molecule has 120 valence electrons. The van der Waals surface area contributed by atoms with Crippen molar-refractivity contribution in [2.75, 3.05) is 0 Å². The Bertz CT molecular complexity index is 710. The SMILES string of the molecule is C1=CC2=C(C1)CC1=C(C=CC1)N2.C1=CC2=C(C1)CC1=C(C=CC1)N2. The van der Waals surface area contributed by atoms with Crippen LogP contribution < -0.4 is 10.6 Å². The van der Waals surface area contributed by atoms with Crippen LogP contribution in [0.25, 0.3) is 0 Å². The zero-order valence-corrected chi connectivity index (χ0v) is 13.9. The first-order valence-electron chi connectivity index (χ1n) is 8.95. The molecule has 2 aliphatic heterocycles. The molecular weight excluding hydrogens is 292 g/mol. The number of hydrogen-bond donors (Lipinski definition) is 2. The second-order valence-electron chi connectivity index (χ2n) is 7.10. The van der Waals surface area contributed by atoms with Gasteiger partial charge in [-0.3, -0.25) is 0 Å². The highest BCUT2D eigenvalue weighted by Crippen LogP contribution is 2.35. The van der Waals surface area contributed by atoms with Crippen molar-refractivity contribution in [1.82, 2.24) is 10.6 Å². The molecule has 2 heteroatoms. The van der Waals surface area contributed by atoms with Gasteiger partial charge in [-0.05, 0) is 85.1 Å². The van der Waals surface area contributed by atoms with Gasteiger partial charge in [-0.25, -0.2) is 0 Å². The zero-order chi connectivity index (χ0) is 15.9. The summed E-state index contributed by atoms with van der Waals surface area (Å²) >= 11 is 0. The molecule has 0 radical (unpaired) electrons. The molecule has 2 nitrogen and oxygen atoms in total. The van der Waals surface area contributed by atoms with Gasteiger partial charge in [-0.1, -0.05) is 24.3 Å². The average Bonchev–Trinajstić information content (AvgIpc) is 3.35. The zero-order valence-electron chi connectivity index (χ0n) is 13.9. The average molecular weight is 314 g/mol. The number of rotatable bonds is 0. The van der Waals surface area contributed by atoms with Crippen LogP contribution in [0.15, 0.2) is 93.7 Å². The Hall–Kier alpha value is -2.48. The molecule has 24 heavy (non-hydrogen) atoms. The summed E-state index contributed by atoms with van der Waals surface area (Å²) in [5.41, 5.74) is 11.7. The van der Waals surface area contributed by atoms with Crippen molar-refractivity contribution >= 4 is 0 Å². The van der Waals surface area contributed by atoms with Crippen molar-refractivity contribution < 1.29 is 0 Å². The van der Waals surface area contributed by atoms with Gasteiger partial charge in [0, 0.05) is 22.8 Å². The highest BCUT2D eigenvalue weighted by atomic mass is 14.9. The Morgan fingerprint density at radius 1 is 0.458 bits per heavy atom. The fourth-order valence-corrected chi connectivity index (χ4v) is 4.18. The van der Waals surface area contributed by atoms with E-state index in [4.69, 9.17) is 0 Å². The van der Waals surface area contributed by atoms with E-state index in [1.165, 1.54) is 35.6 Å². The minimum Gasteiger partial charge on any atom is -0.356 e. The quantitative estimate of drug-likeness (QED) is 0.670. The lowest BCUT2D eigenvalue weighted by Gasteiger charge is -2.18. The molecule has 2 N–H and O–H groups in total. The van der Waals surface area contributed by atoms with Crippen LogP contribution in [-0.4, -0.2) is 0 Å². The normalized spacial score (nSPS) is 24.7. The predicted molar refractivity (Wildman–Crippen MR) is 98.6 cm³/mol. The smallest absolute Gasteiger partial charge is 0.0379 e. The molecule has 0 aromatic heterocycles. The summed E-state index contributed by atoms with van der Waals surface area (Å²) in [4.78, 5) is 0. The van der Waals surface area contributed by atoms with Crippen LogP contribution in [0.2, 0.25) is 0 Å². The van der Waals surface area contributed by atoms with Gasteiger partial charge < -0.3 is 10.6 Å². The molecule has 0 saturated heterocycles. The van der Waals surface area contributed by atoms with E-state index in [1.807, 2.05) is 0 Å². The first-order chi connectivity index (χ1) is 11.9. The van der Waals surface area contributed by atoms with E-state index >= 15 is 0 Å². The van der Waals surface area contributed by atoms with E-state index in [9.17, 15) is 0 Å². The summed E-state index contributed by atoms with van der Waals surface area (Å²) < 4.78 is 0. The Kier molecular flexibility index (Phi) is 3.22. The minimum absolute atomic E-state index is 1.15. The van der Waals surface area contributed by atoms with Gasteiger partial charge in [0.2, 0.25) is 0 Å². The van der Waals surface area contributed by atoms with Crippen LogP contribution in [0.1, 0.15) is 38.5 Å². The molecule has 2 heterocycles. The molecule has 6 aliphatic rings. The molecule has 4 aliphatic carbocycles. The summed E-state index contributed by atoms with van der Waals surface area (Å²) in [6.45, 7) is 0. The summed E-state index contributed by atoms with van der Waals surface area (Å²) in [6, 6.07) is 0. The molecule has 0 spiro atoms. The van der Waals surface area contributed by atoms with Crippen molar-refractivity contribution in [2.24, 2.45) is 0 Å². The highest BCUT2D eigenvalue weighted by Gasteiger charge is 2.21. The van der Waals surface area contributed by atoms with E-state index in [2.05, 4.69) is 59.2 Å². The standard InChI is InChI=1S/2C11H11N/c2*1-3-8-7-9-4-2-6-11(9)12-10(8)5-1/h2*1-2,5-6,12H,3-4,7H2.